The van der Waals surface area contributed by atoms with E-state index in [2.05, 4.69) is 48.8 Å². The number of aryl methyl sites for hydroxylation is 2. The third kappa shape index (κ3) is 2.72. The lowest BCUT2D eigenvalue weighted by Crippen LogP contribution is -2.07. The van der Waals surface area contributed by atoms with Gasteiger partial charge in [-0.2, -0.15) is 0 Å². The first-order valence-electron chi connectivity index (χ1n) is 6.08. The van der Waals surface area contributed by atoms with Crippen LogP contribution in [0.2, 0.25) is 0 Å². The highest BCUT2D eigenvalue weighted by Gasteiger charge is 2.13. The normalized spacial score (nSPS) is 12.4. The van der Waals surface area contributed by atoms with E-state index in [0.717, 1.165) is 11.5 Å². The van der Waals surface area contributed by atoms with Crippen LogP contribution in [0.3, 0.4) is 0 Å². The molecule has 0 aliphatic heterocycles. The summed E-state index contributed by atoms with van der Waals surface area (Å²) >= 11 is 1.76. The minimum absolute atomic E-state index is 0.246. The van der Waals surface area contributed by atoms with E-state index in [4.69, 9.17) is 4.42 Å². The van der Waals surface area contributed by atoms with Crippen LogP contribution in [-0.2, 0) is 0 Å². The van der Waals surface area contributed by atoms with Crippen molar-refractivity contribution < 1.29 is 4.42 Å². The van der Waals surface area contributed by atoms with E-state index in [1.165, 1.54) is 16.1 Å². The molecule has 0 bridgehead atoms. The topological polar surface area (TPSA) is 25.2 Å². The smallest absolute Gasteiger partial charge is 0.106 e. The van der Waals surface area contributed by atoms with Gasteiger partial charge in [-0.15, -0.1) is 11.8 Å². The second-order valence-electron chi connectivity index (χ2n) is 4.43. The molecule has 1 atom stereocenters. The molecule has 2 aromatic rings. The standard InChI is InChI=1S/C15H19NOS/c1-10-9-13(12(3)17-10)11(2)16-14-7-5-6-8-15(14)18-4/h5-9,11,16H,1-4H3. The predicted octanol–water partition coefficient (Wildman–Crippen LogP) is 4.79. The summed E-state index contributed by atoms with van der Waals surface area (Å²) in [5.74, 6) is 1.96. The Morgan fingerprint density at radius 2 is 1.94 bits per heavy atom. The first kappa shape index (κ1) is 13.1. The summed E-state index contributed by atoms with van der Waals surface area (Å²) in [5.41, 5.74) is 2.40. The number of thioether (sulfide) groups is 1. The third-order valence-corrected chi connectivity index (χ3v) is 3.82. The fraction of sp³-hybridized carbons (Fsp3) is 0.333. The van der Waals surface area contributed by atoms with Crippen LogP contribution >= 0.6 is 11.8 Å². The Labute approximate surface area is 113 Å². The summed E-state index contributed by atoms with van der Waals surface area (Å²) in [6, 6.07) is 10.7. The molecule has 0 spiro atoms. The summed E-state index contributed by atoms with van der Waals surface area (Å²) in [7, 11) is 0. The number of para-hydroxylation sites is 1. The molecular formula is C15H19NOS. The second-order valence-corrected chi connectivity index (χ2v) is 5.28. The van der Waals surface area contributed by atoms with E-state index in [-0.39, 0.29) is 6.04 Å². The van der Waals surface area contributed by atoms with Crippen LogP contribution in [0.1, 0.15) is 30.0 Å². The zero-order valence-electron chi connectivity index (χ0n) is 11.3. The molecule has 18 heavy (non-hydrogen) atoms. The minimum atomic E-state index is 0.246. The summed E-state index contributed by atoms with van der Waals surface area (Å²) in [6.07, 6.45) is 2.10. The van der Waals surface area contributed by atoms with E-state index in [1.54, 1.807) is 11.8 Å². The zero-order chi connectivity index (χ0) is 13.1. The van der Waals surface area contributed by atoms with Crippen LogP contribution in [0, 0.1) is 13.8 Å². The lowest BCUT2D eigenvalue weighted by atomic mass is 10.1. The van der Waals surface area contributed by atoms with Gasteiger partial charge in [0.15, 0.2) is 0 Å². The lowest BCUT2D eigenvalue weighted by molar-refractivity contribution is 0.500. The quantitative estimate of drug-likeness (QED) is 0.801. The van der Waals surface area contributed by atoms with Crippen molar-refractivity contribution in [1.82, 2.24) is 0 Å². The molecule has 1 aromatic heterocycles. The third-order valence-electron chi connectivity index (χ3n) is 3.02. The monoisotopic (exact) mass is 261 g/mol. The van der Waals surface area contributed by atoms with Crippen LogP contribution in [0.5, 0.6) is 0 Å². The molecule has 0 aliphatic carbocycles. The van der Waals surface area contributed by atoms with Gasteiger partial charge in [-0.1, -0.05) is 12.1 Å². The number of nitrogens with one attached hydrogen (secondary N) is 1. The number of hydrogen-bond acceptors (Lipinski definition) is 3. The molecule has 0 fully saturated rings. The van der Waals surface area contributed by atoms with Crippen molar-refractivity contribution in [3.63, 3.8) is 0 Å². The number of hydrogen-bond donors (Lipinski definition) is 1. The first-order valence-corrected chi connectivity index (χ1v) is 7.30. The Balaban J connectivity index is 2.21. The van der Waals surface area contributed by atoms with Crippen LogP contribution in [0.15, 0.2) is 39.6 Å². The predicted molar refractivity (Wildman–Crippen MR) is 78.4 cm³/mol. The average Bonchev–Trinajstić information content (AvgIpc) is 2.69. The van der Waals surface area contributed by atoms with Crippen molar-refractivity contribution in [2.24, 2.45) is 0 Å². The van der Waals surface area contributed by atoms with Crippen molar-refractivity contribution in [1.29, 1.82) is 0 Å². The molecule has 1 heterocycles. The van der Waals surface area contributed by atoms with E-state index in [0.29, 0.717) is 0 Å². The molecule has 0 amide bonds. The average molecular weight is 261 g/mol. The molecule has 0 saturated carbocycles. The van der Waals surface area contributed by atoms with Crippen molar-refractivity contribution in [2.75, 3.05) is 11.6 Å². The van der Waals surface area contributed by atoms with Crippen LogP contribution in [0.4, 0.5) is 5.69 Å². The van der Waals surface area contributed by atoms with Gasteiger partial charge in [0.2, 0.25) is 0 Å². The van der Waals surface area contributed by atoms with Gasteiger partial charge < -0.3 is 9.73 Å². The highest BCUT2D eigenvalue weighted by atomic mass is 32.2. The maximum atomic E-state index is 5.58. The molecule has 2 rings (SSSR count). The number of furan rings is 1. The first-order chi connectivity index (χ1) is 8.61. The van der Waals surface area contributed by atoms with Crippen LogP contribution < -0.4 is 5.32 Å². The summed E-state index contributed by atoms with van der Waals surface area (Å²) in [4.78, 5) is 1.27. The summed E-state index contributed by atoms with van der Waals surface area (Å²) in [6.45, 7) is 6.16. The van der Waals surface area contributed by atoms with E-state index >= 15 is 0 Å². The van der Waals surface area contributed by atoms with Gasteiger partial charge in [-0.05, 0) is 45.2 Å². The van der Waals surface area contributed by atoms with Gasteiger partial charge >= 0.3 is 0 Å². The minimum Gasteiger partial charge on any atom is -0.466 e. The zero-order valence-corrected chi connectivity index (χ0v) is 12.1. The molecule has 1 N–H and O–H groups in total. The molecule has 0 saturated heterocycles. The maximum absolute atomic E-state index is 5.58. The van der Waals surface area contributed by atoms with Crippen LogP contribution in [0.25, 0.3) is 0 Å². The molecule has 0 radical (unpaired) electrons. The highest BCUT2D eigenvalue weighted by molar-refractivity contribution is 7.98. The van der Waals surface area contributed by atoms with Gasteiger partial charge in [0.1, 0.15) is 11.5 Å². The van der Waals surface area contributed by atoms with E-state index in [9.17, 15) is 0 Å². The summed E-state index contributed by atoms with van der Waals surface area (Å²) in [5, 5.41) is 3.55. The Morgan fingerprint density at radius 1 is 1.22 bits per heavy atom. The summed E-state index contributed by atoms with van der Waals surface area (Å²) < 4.78 is 5.58. The van der Waals surface area contributed by atoms with Gasteiger partial charge in [0.05, 0.1) is 6.04 Å². The maximum Gasteiger partial charge on any atom is 0.106 e. The van der Waals surface area contributed by atoms with Crippen molar-refractivity contribution in [3.8, 4) is 0 Å². The van der Waals surface area contributed by atoms with Gasteiger partial charge in [0, 0.05) is 16.1 Å². The molecule has 2 nitrogen and oxygen atoms in total. The fourth-order valence-electron chi connectivity index (χ4n) is 2.16. The molecular weight excluding hydrogens is 242 g/mol. The largest absolute Gasteiger partial charge is 0.466 e. The van der Waals surface area contributed by atoms with E-state index in [1.807, 2.05) is 13.8 Å². The Morgan fingerprint density at radius 3 is 2.56 bits per heavy atom. The Hall–Kier alpha value is -1.35. The molecule has 96 valence electrons. The van der Waals surface area contributed by atoms with Crippen molar-refractivity contribution >= 4 is 17.4 Å². The molecule has 3 heteroatoms. The van der Waals surface area contributed by atoms with Gasteiger partial charge in [0.25, 0.3) is 0 Å². The lowest BCUT2D eigenvalue weighted by Gasteiger charge is -2.17. The number of rotatable bonds is 4. The second kappa shape index (κ2) is 5.53. The SMILES string of the molecule is CSc1ccccc1NC(C)c1cc(C)oc1C. The molecule has 0 aliphatic rings. The number of benzene rings is 1. The highest BCUT2D eigenvalue weighted by Crippen LogP contribution is 2.30. The molecule has 1 aromatic carbocycles. The molecule has 1 unspecified atom stereocenters. The van der Waals surface area contributed by atoms with Crippen LogP contribution in [-0.4, -0.2) is 6.26 Å². The van der Waals surface area contributed by atoms with Gasteiger partial charge in [-0.3, -0.25) is 0 Å². The number of anilines is 1. The Bertz CT molecular complexity index is 533. The van der Waals surface area contributed by atoms with Crippen molar-refractivity contribution in [3.05, 3.63) is 47.4 Å². The van der Waals surface area contributed by atoms with Crippen molar-refractivity contribution in [2.45, 2.75) is 31.7 Å². The fourth-order valence-corrected chi connectivity index (χ4v) is 2.72. The van der Waals surface area contributed by atoms with E-state index < -0.39 is 0 Å². The Kier molecular flexibility index (Phi) is 4.02. The van der Waals surface area contributed by atoms with Gasteiger partial charge in [-0.25, -0.2) is 0 Å².